The highest BCUT2D eigenvalue weighted by atomic mass is 32.2. The smallest absolute Gasteiger partial charge is 0.297 e. The largest absolute Gasteiger partial charge is 0.382 e. The summed E-state index contributed by atoms with van der Waals surface area (Å²) < 4.78 is 39.8. The Balaban J connectivity index is 1.53. The van der Waals surface area contributed by atoms with Crippen LogP contribution >= 0.6 is 0 Å². The van der Waals surface area contributed by atoms with Gasteiger partial charge in [-0.15, -0.1) is 0 Å². The summed E-state index contributed by atoms with van der Waals surface area (Å²) in [5, 5.41) is 0. The summed E-state index contributed by atoms with van der Waals surface area (Å²) in [7, 11) is -2.24. The molecule has 37 heavy (non-hydrogen) atoms. The van der Waals surface area contributed by atoms with E-state index in [0.717, 1.165) is 16.7 Å². The molecule has 0 atom stereocenters. The molecule has 0 aliphatic heterocycles. The van der Waals surface area contributed by atoms with Crippen molar-refractivity contribution in [1.82, 2.24) is 0 Å². The molecule has 196 valence electrons. The summed E-state index contributed by atoms with van der Waals surface area (Å²) in [6.07, 6.45) is 8.16. The highest BCUT2D eigenvalue weighted by Gasteiger charge is 2.14. The number of hydrogen-bond acceptors (Lipinski definition) is 5. The zero-order valence-electron chi connectivity index (χ0n) is 22.0. The second kappa shape index (κ2) is 13.5. The van der Waals surface area contributed by atoms with Crippen molar-refractivity contribution in [1.29, 1.82) is 0 Å². The quantitative estimate of drug-likeness (QED) is 0.151. The number of ether oxygens (including phenoxy) is 2. The van der Waals surface area contributed by atoms with E-state index in [1.165, 1.54) is 11.1 Å². The van der Waals surface area contributed by atoms with Crippen molar-refractivity contribution >= 4 is 34.4 Å². The maximum absolute atomic E-state index is 12.3. The van der Waals surface area contributed by atoms with E-state index in [9.17, 15) is 8.42 Å². The molecule has 6 heteroatoms. The van der Waals surface area contributed by atoms with Gasteiger partial charge in [-0.25, -0.2) is 0 Å². The van der Waals surface area contributed by atoms with Gasteiger partial charge in [0, 0.05) is 7.11 Å². The average Bonchev–Trinajstić information content (AvgIpc) is 2.89. The molecule has 0 aliphatic carbocycles. The van der Waals surface area contributed by atoms with Crippen LogP contribution in [0.25, 0.3) is 24.3 Å². The Kier molecular flexibility index (Phi) is 10.4. The van der Waals surface area contributed by atoms with Crippen LogP contribution in [-0.2, 0) is 29.2 Å². The molecule has 0 aromatic heterocycles. The van der Waals surface area contributed by atoms with Crippen molar-refractivity contribution in [2.24, 2.45) is 0 Å². The first-order valence-electron chi connectivity index (χ1n) is 12.3. The summed E-state index contributed by atoms with van der Waals surface area (Å²) in [4.78, 5) is 0.116. The van der Waals surface area contributed by atoms with Gasteiger partial charge in [-0.05, 0) is 45.4 Å². The van der Waals surface area contributed by atoms with Crippen molar-refractivity contribution in [2.75, 3.05) is 33.5 Å². The first kappa shape index (κ1) is 28.5. The standard InChI is InChI=1S/C31H36O5S/c1-31(2,3)29-17-13-27(14-18-29)11-9-25-5-7-26(8-6-25)10-12-28-15-19-30(20-16-28)37(32,33)36-24-23-35-22-21-34-4/h5-20H,21-24H2,1-4H3. The maximum atomic E-state index is 12.3. The van der Waals surface area contributed by atoms with Crippen LogP contribution in [0.5, 0.6) is 0 Å². The van der Waals surface area contributed by atoms with Gasteiger partial charge in [0.2, 0.25) is 0 Å². The van der Waals surface area contributed by atoms with Gasteiger partial charge < -0.3 is 9.47 Å². The Bertz CT molecular complexity index is 1270. The second-order valence-corrected chi connectivity index (χ2v) is 11.3. The molecule has 0 radical (unpaired) electrons. The predicted molar refractivity (Wildman–Crippen MR) is 152 cm³/mol. The molecule has 0 saturated heterocycles. The third-order valence-electron chi connectivity index (χ3n) is 5.72. The Morgan fingerprint density at radius 3 is 1.46 bits per heavy atom. The minimum absolute atomic E-state index is 0.0393. The van der Waals surface area contributed by atoms with Crippen molar-refractivity contribution < 1.29 is 22.1 Å². The zero-order valence-corrected chi connectivity index (χ0v) is 22.8. The number of rotatable bonds is 12. The molecule has 0 aliphatic rings. The molecule has 0 unspecified atom stereocenters. The lowest BCUT2D eigenvalue weighted by Crippen LogP contribution is -2.13. The van der Waals surface area contributed by atoms with Crippen LogP contribution in [-0.4, -0.2) is 42.0 Å². The normalized spacial score (nSPS) is 12.5. The maximum Gasteiger partial charge on any atom is 0.297 e. The van der Waals surface area contributed by atoms with E-state index < -0.39 is 10.1 Å². The third kappa shape index (κ3) is 9.41. The van der Waals surface area contributed by atoms with E-state index in [1.54, 1.807) is 31.4 Å². The molecular formula is C31H36O5S. The Labute approximate surface area is 221 Å². The van der Waals surface area contributed by atoms with Crippen LogP contribution < -0.4 is 0 Å². The first-order chi connectivity index (χ1) is 17.7. The molecule has 3 aromatic rings. The number of benzene rings is 3. The van der Waals surface area contributed by atoms with Gasteiger partial charge in [0.15, 0.2) is 0 Å². The summed E-state index contributed by atoms with van der Waals surface area (Å²) in [5.41, 5.74) is 5.72. The fourth-order valence-electron chi connectivity index (χ4n) is 3.46. The van der Waals surface area contributed by atoms with Gasteiger partial charge in [0.1, 0.15) is 0 Å². The topological polar surface area (TPSA) is 61.8 Å². The molecule has 3 aromatic carbocycles. The molecule has 0 heterocycles. The molecule has 0 amide bonds. The van der Waals surface area contributed by atoms with Crippen molar-refractivity contribution in [3.63, 3.8) is 0 Å². The number of hydrogen-bond donors (Lipinski definition) is 0. The fraction of sp³-hybridized carbons (Fsp3) is 0.290. The molecule has 3 rings (SSSR count). The van der Waals surface area contributed by atoms with Gasteiger partial charge in [-0.3, -0.25) is 4.18 Å². The van der Waals surface area contributed by atoms with E-state index in [4.69, 9.17) is 13.7 Å². The number of methoxy groups -OCH3 is 1. The van der Waals surface area contributed by atoms with E-state index in [2.05, 4.69) is 81.5 Å². The lowest BCUT2D eigenvalue weighted by molar-refractivity contribution is 0.0554. The van der Waals surface area contributed by atoms with E-state index >= 15 is 0 Å². The second-order valence-electron chi connectivity index (χ2n) is 9.66. The van der Waals surface area contributed by atoms with Gasteiger partial charge in [-0.2, -0.15) is 8.42 Å². The van der Waals surface area contributed by atoms with Crippen LogP contribution in [0.4, 0.5) is 0 Å². The minimum Gasteiger partial charge on any atom is -0.382 e. The predicted octanol–water partition coefficient (Wildman–Crippen LogP) is 6.69. The summed E-state index contributed by atoms with van der Waals surface area (Å²) in [6.45, 7) is 7.64. The first-order valence-corrected chi connectivity index (χ1v) is 13.7. The van der Waals surface area contributed by atoms with Gasteiger partial charge >= 0.3 is 0 Å². The summed E-state index contributed by atoms with van der Waals surface area (Å²) >= 11 is 0. The van der Waals surface area contributed by atoms with Crippen molar-refractivity contribution in [3.8, 4) is 0 Å². The highest BCUT2D eigenvalue weighted by Crippen LogP contribution is 2.23. The van der Waals surface area contributed by atoms with E-state index in [0.29, 0.717) is 13.2 Å². The van der Waals surface area contributed by atoms with Gasteiger partial charge in [0.25, 0.3) is 10.1 Å². The van der Waals surface area contributed by atoms with Gasteiger partial charge in [0.05, 0.1) is 31.3 Å². The van der Waals surface area contributed by atoms with E-state index in [-0.39, 0.29) is 23.5 Å². The molecule has 0 fully saturated rings. The van der Waals surface area contributed by atoms with Crippen LogP contribution in [0.15, 0.2) is 77.7 Å². The molecule has 5 nitrogen and oxygen atoms in total. The van der Waals surface area contributed by atoms with Crippen LogP contribution in [0.2, 0.25) is 0 Å². The zero-order chi connectivity index (χ0) is 26.7. The third-order valence-corrected chi connectivity index (χ3v) is 7.04. The van der Waals surface area contributed by atoms with Crippen LogP contribution in [0, 0.1) is 0 Å². The monoisotopic (exact) mass is 520 g/mol. The Hall–Kier alpha value is -3.03. The summed E-state index contributed by atoms with van der Waals surface area (Å²) in [6, 6.07) is 23.5. The molecule has 0 saturated carbocycles. The average molecular weight is 521 g/mol. The SMILES string of the molecule is COCCOCCOS(=O)(=O)c1ccc(C=Cc2ccc(C=Cc3ccc(C(C)(C)C)cc3)cc2)cc1. The van der Waals surface area contributed by atoms with Crippen molar-refractivity contribution in [3.05, 3.63) is 101 Å². The lowest BCUT2D eigenvalue weighted by atomic mass is 9.87. The fourth-order valence-corrected chi connectivity index (χ4v) is 4.35. The molecule has 0 N–H and O–H groups in total. The molecule has 0 bridgehead atoms. The molecular weight excluding hydrogens is 484 g/mol. The Morgan fingerprint density at radius 1 is 0.622 bits per heavy atom. The highest BCUT2D eigenvalue weighted by molar-refractivity contribution is 7.86. The van der Waals surface area contributed by atoms with Gasteiger partial charge in [-0.1, -0.05) is 106 Å². The van der Waals surface area contributed by atoms with E-state index in [1.807, 2.05) is 12.2 Å². The lowest BCUT2D eigenvalue weighted by Gasteiger charge is -2.18. The summed E-state index contributed by atoms with van der Waals surface area (Å²) in [5.74, 6) is 0. The van der Waals surface area contributed by atoms with Crippen LogP contribution in [0.3, 0.4) is 0 Å². The van der Waals surface area contributed by atoms with Crippen LogP contribution in [0.1, 0.15) is 48.6 Å². The Morgan fingerprint density at radius 2 is 1.03 bits per heavy atom. The van der Waals surface area contributed by atoms with Crippen molar-refractivity contribution in [2.45, 2.75) is 31.1 Å². The molecule has 0 spiro atoms. The minimum atomic E-state index is -3.82.